The van der Waals surface area contributed by atoms with Crippen LogP contribution in [0.2, 0.25) is 0 Å². The molecular weight excluding hydrogens is 448 g/mol. The van der Waals surface area contributed by atoms with E-state index in [4.69, 9.17) is 15.8 Å². The third-order valence-corrected chi connectivity index (χ3v) is 7.62. The number of thioether (sulfide) groups is 1. The second-order valence-electron chi connectivity index (χ2n) is 6.63. The molecule has 0 aliphatic heterocycles. The smallest absolute Gasteiger partial charge is 0.243 e. The summed E-state index contributed by atoms with van der Waals surface area (Å²) in [6.45, 7) is 4.80. The van der Waals surface area contributed by atoms with Crippen molar-refractivity contribution in [3.05, 3.63) is 54.1 Å². The summed E-state index contributed by atoms with van der Waals surface area (Å²) >= 11 is 1.37. The normalized spacial score (nSPS) is 11.4. The van der Waals surface area contributed by atoms with E-state index in [-0.39, 0.29) is 4.90 Å². The van der Waals surface area contributed by atoms with E-state index < -0.39 is 10.0 Å². The first-order valence-electron chi connectivity index (χ1n) is 9.97. The minimum Gasteiger partial charge on any atom is -0.493 e. The number of sulfonamides is 1. The highest BCUT2D eigenvalue weighted by atomic mass is 32.2. The molecule has 3 rings (SSSR count). The zero-order valence-corrected chi connectivity index (χ0v) is 19.4. The molecule has 0 amide bonds. The fourth-order valence-corrected chi connectivity index (χ4v) is 5.18. The van der Waals surface area contributed by atoms with Crippen molar-refractivity contribution in [3.63, 3.8) is 0 Å². The lowest BCUT2D eigenvalue weighted by molar-refractivity contribution is 0.344. The van der Waals surface area contributed by atoms with Crippen molar-refractivity contribution in [2.45, 2.75) is 23.9 Å². The summed E-state index contributed by atoms with van der Waals surface area (Å²) in [5, 5.41) is 17.6. The van der Waals surface area contributed by atoms with Crippen molar-refractivity contribution < 1.29 is 13.2 Å². The van der Waals surface area contributed by atoms with Gasteiger partial charge in [0, 0.05) is 24.4 Å². The quantitative estimate of drug-likeness (QED) is 0.271. The van der Waals surface area contributed by atoms with Crippen molar-refractivity contribution in [2.75, 3.05) is 31.3 Å². The van der Waals surface area contributed by atoms with Gasteiger partial charge in [-0.2, -0.15) is 9.57 Å². The number of nitrogens with two attached hydrogens (primary N) is 1. The largest absolute Gasteiger partial charge is 0.493 e. The van der Waals surface area contributed by atoms with E-state index >= 15 is 0 Å². The zero-order valence-electron chi connectivity index (χ0n) is 17.8. The van der Waals surface area contributed by atoms with E-state index in [0.29, 0.717) is 53.3 Å². The third-order valence-electron chi connectivity index (χ3n) is 4.67. The maximum absolute atomic E-state index is 12.8. The predicted molar refractivity (Wildman–Crippen MR) is 123 cm³/mol. The summed E-state index contributed by atoms with van der Waals surface area (Å²) in [5.74, 6) is 7.79. The SMILES string of the molecule is CCN(CC)S(=O)(=O)c1cccc(-c2nnc(SCCOc3ccc(C#N)cc3)n2N)c1. The van der Waals surface area contributed by atoms with Gasteiger partial charge in [-0.1, -0.05) is 37.7 Å². The molecule has 1 heterocycles. The summed E-state index contributed by atoms with van der Waals surface area (Å²) in [7, 11) is -3.59. The molecule has 0 radical (unpaired) electrons. The Labute approximate surface area is 191 Å². The fourth-order valence-electron chi connectivity index (χ4n) is 3.00. The Morgan fingerprint density at radius 3 is 2.53 bits per heavy atom. The molecule has 0 aliphatic rings. The molecule has 0 saturated heterocycles. The molecule has 0 unspecified atom stereocenters. The molecule has 11 heteroatoms. The van der Waals surface area contributed by atoms with Gasteiger partial charge in [0.2, 0.25) is 15.2 Å². The molecule has 168 valence electrons. The molecule has 0 bridgehead atoms. The monoisotopic (exact) mass is 472 g/mol. The summed E-state index contributed by atoms with van der Waals surface area (Å²) in [6, 6.07) is 15.5. The second-order valence-corrected chi connectivity index (χ2v) is 9.63. The molecule has 2 aromatic carbocycles. The number of nitrogens with zero attached hydrogens (tertiary/aromatic N) is 5. The van der Waals surface area contributed by atoms with Crippen LogP contribution in [0.1, 0.15) is 19.4 Å². The van der Waals surface area contributed by atoms with Gasteiger partial charge in [-0.15, -0.1) is 10.2 Å². The molecule has 0 spiro atoms. The van der Waals surface area contributed by atoms with Gasteiger partial charge >= 0.3 is 0 Å². The Balaban J connectivity index is 1.67. The van der Waals surface area contributed by atoms with E-state index in [2.05, 4.69) is 16.3 Å². The van der Waals surface area contributed by atoms with Crippen molar-refractivity contribution in [3.8, 4) is 23.2 Å². The van der Waals surface area contributed by atoms with Gasteiger partial charge in [0.25, 0.3) is 0 Å². The maximum Gasteiger partial charge on any atom is 0.243 e. The molecule has 32 heavy (non-hydrogen) atoms. The number of hydrogen-bond donors (Lipinski definition) is 1. The Morgan fingerprint density at radius 1 is 1.16 bits per heavy atom. The summed E-state index contributed by atoms with van der Waals surface area (Å²) in [6.07, 6.45) is 0. The predicted octanol–water partition coefficient (Wildman–Crippen LogP) is 2.73. The van der Waals surface area contributed by atoms with Crippen LogP contribution < -0.4 is 10.6 Å². The molecule has 0 fully saturated rings. The highest BCUT2D eigenvalue weighted by Crippen LogP contribution is 2.25. The lowest BCUT2D eigenvalue weighted by atomic mass is 10.2. The van der Waals surface area contributed by atoms with Gasteiger partial charge in [-0.25, -0.2) is 13.1 Å². The van der Waals surface area contributed by atoms with Crippen LogP contribution in [0.15, 0.2) is 58.6 Å². The fraction of sp³-hybridized carbons (Fsp3) is 0.286. The van der Waals surface area contributed by atoms with E-state index in [1.807, 2.05) is 0 Å². The van der Waals surface area contributed by atoms with Gasteiger partial charge in [-0.3, -0.25) is 0 Å². The van der Waals surface area contributed by atoms with Gasteiger partial charge in [0.05, 0.1) is 23.1 Å². The van der Waals surface area contributed by atoms with Crippen LogP contribution in [-0.4, -0.2) is 53.0 Å². The average Bonchev–Trinajstić information content (AvgIpc) is 3.18. The molecule has 3 aromatic rings. The first-order valence-corrected chi connectivity index (χ1v) is 12.4. The molecule has 1 aromatic heterocycles. The molecule has 0 saturated carbocycles. The molecule has 2 N–H and O–H groups in total. The van der Waals surface area contributed by atoms with Crippen LogP contribution in [0.4, 0.5) is 0 Å². The third kappa shape index (κ3) is 5.21. The van der Waals surface area contributed by atoms with Crippen LogP contribution in [0.3, 0.4) is 0 Å². The average molecular weight is 473 g/mol. The Bertz CT molecular complexity index is 1200. The zero-order chi connectivity index (χ0) is 23.1. The van der Waals surface area contributed by atoms with Crippen LogP contribution in [0, 0.1) is 11.3 Å². The van der Waals surface area contributed by atoms with Crippen LogP contribution in [0.25, 0.3) is 11.4 Å². The number of hydrogen-bond acceptors (Lipinski definition) is 8. The van der Waals surface area contributed by atoms with Gasteiger partial charge in [-0.05, 0) is 36.4 Å². The first-order chi connectivity index (χ1) is 15.4. The maximum atomic E-state index is 12.8. The highest BCUT2D eigenvalue weighted by molar-refractivity contribution is 7.99. The number of ether oxygens (including phenoxy) is 1. The first kappa shape index (κ1) is 23.6. The van der Waals surface area contributed by atoms with Crippen LogP contribution >= 0.6 is 11.8 Å². The van der Waals surface area contributed by atoms with E-state index in [1.165, 1.54) is 20.7 Å². The van der Waals surface area contributed by atoms with Gasteiger partial charge in [0.1, 0.15) is 5.75 Å². The Kier molecular flexibility index (Phi) is 7.74. The number of aromatic nitrogens is 3. The minimum atomic E-state index is -3.59. The summed E-state index contributed by atoms with van der Waals surface area (Å²) in [5.41, 5.74) is 1.14. The summed E-state index contributed by atoms with van der Waals surface area (Å²) < 4.78 is 34.0. The lowest BCUT2D eigenvalue weighted by Crippen LogP contribution is -2.30. The van der Waals surface area contributed by atoms with E-state index in [1.54, 1.807) is 62.4 Å². The lowest BCUT2D eigenvalue weighted by Gasteiger charge is -2.18. The summed E-state index contributed by atoms with van der Waals surface area (Å²) in [4.78, 5) is 0.187. The number of nitriles is 1. The molecular formula is C21H24N6O3S2. The topological polar surface area (TPSA) is 127 Å². The highest BCUT2D eigenvalue weighted by Gasteiger charge is 2.23. The van der Waals surface area contributed by atoms with Gasteiger partial charge < -0.3 is 10.6 Å². The van der Waals surface area contributed by atoms with Crippen LogP contribution in [-0.2, 0) is 10.0 Å². The number of rotatable bonds is 10. The van der Waals surface area contributed by atoms with Crippen molar-refractivity contribution >= 4 is 21.8 Å². The van der Waals surface area contributed by atoms with Crippen LogP contribution in [0.5, 0.6) is 5.75 Å². The van der Waals surface area contributed by atoms with Crippen molar-refractivity contribution in [1.29, 1.82) is 5.26 Å². The number of benzene rings is 2. The Hall–Kier alpha value is -3.07. The van der Waals surface area contributed by atoms with Crippen molar-refractivity contribution in [1.82, 2.24) is 19.2 Å². The minimum absolute atomic E-state index is 0.187. The second kappa shape index (κ2) is 10.5. The number of nitrogen functional groups attached to an aromatic ring is 1. The standard InChI is InChI=1S/C21H24N6O3S2/c1-3-26(4-2)32(28,29)19-7-5-6-17(14-19)20-24-25-21(27(20)23)31-13-12-30-18-10-8-16(15-22)9-11-18/h5-11,14H,3-4,12-13,23H2,1-2H3. The van der Waals surface area contributed by atoms with E-state index in [9.17, 15) is 8.42 Å². The molecule has 9 nitrogen and oxygen atoms in total. The van der Waals surface area contributed by atoms with Crippen molar-refractivity contribution in [2.24, 2.45) is 0 Å². The van der Waals surface area contributed by atoms with E-state index in [0.717, 1.165) is 0 Å². The molecule has 0 aliphatic carbocycles. The Morgan fingerprint density at radius 2 is 1.88 bits per heavy atom. The van der Waals surface area contributed by atoms with Gasteiger partial charge in [0.15, 0.2) is 5.82 Å². The molecule has 0 atom stereocenters.